The molecule has 0 aliphatic carbocycles. The number of carbonyl (C=O) groups is 1. The third-order valence-electron chi connectivity index (χ3n) is 2.38. The minimum Gasteiger partial charge on any atom is -0.464 e. The topological polar surface area (TPSA) is 40.5 Å². The second-order valence-electron chi connectivity index (χ2n) is 3.53. The number of nitrogens with zero attached hydrogens (tertiary/aromatic N) is 1. The van der Waals surface area contributed by atoms with E-state index >= 15 is 0 Å². The number of hydrogen-bond acceptors (Lipinski definition) is 1. The van der Waals surface area contributed by atoms with E-state index in [-0.39, 0.29) is 5.02 Å². The Kier molecular flexibility index (Phi) is 3.75. The third-order valence-corrected chi connectivity index (χ3v) is 3.19. The minimum atomic E-state index is -1.12. The van der Waals surface area contributed by atoms with Gasteiger partial charge in [0, 0.05) is 0 Å². The quantitative estimate of drug-likeness (QED) is 0.858. The Balaban J connectivity index is 2.56. The summed E-state index contributed by atoms with van der Waals surface area (Å²) >= 11 is 11.9. The Bertz CT molecular complexity index is 572. The third kappa shape index (κ3) is 2.42. The average Bonchev–Trinajstić information content (AvgIpc) is 2.36. The minimum absolute atomic E-state index is 0.213. The normalized spacial score (nSPS) is 10.1. The van der Waals surface area contributed by atoms with Crippen molar-refractivity contribution in [1.29, 1.82) is 0 Å². The van der Waals surface area contributed by atoms with Gasteiger partial charge in [-0.05, 0) is 24.3 Å². The predicted molar refractivity (Wildman–Crippen MR) is 73.1 cm³/mol. The molecule has 92 valence electrons. The van der Waals surface area contributed by atoms with Crippen molar-refractivity contribution in [3.63, 3.8) is 0 Å². The summed E-state index contributed by atoms with van der Waals surface area (Å²) < 4.78 is 0. The zero-order valence-electron chi connectivity index (χ0n) is 9.18. The van der Waals surface area contributed by atoms with Crippen molar-refractivity contribution in [2.24, 2.45) is 0 Å². The van der Waals surface area contributed by atoms with Gasteiger partial charge in [-0.1, -0.05) is 47.5 Å². The van der Waals surface area contributed by atoms with Gasteiger partial charge in [-0.2, -0.15) is 0 Å². The number of anilines is 2. The fourth-order valence-electron chi connectivity index (χ4n) is 1.59. The van der Waals surface area contributed by atoms with Gasteiger partial charge in [-0.25, -0.2) is 9.69 Å². The molecule has 18 heavy (non-hydrogen) atoms. The average molecular weight is 282 g/mol. The summed E-state index contributed by atoms with van der Waals surface area (Å²) in [5, 5.41) is 9.85. The number of halogens is 2. The van der Waals surface area contributed by atoms with Crippen LogP contribution < -0.4 is 4.90 Å². The summed E-state index contributed by atoms with van der Waals surface area (Å²) in [6.45, 7) is 0. The largest absolute Gasteiger partial charge is 0.464 e. The van der Waals surface area contributed by atoms with Crippen molar-refractivity contribution >= 4 is 40.7 Å². The van der Waals surface area contributed by atoms with Gasteiger partial charge in [-0.15, -0.1) is 0 Å². The molecule has 0 aliphatic heterocycles. The van der Waals surface area contributed by atoms with Gasteiger partial charge in [0.2, 0.25) is 0 Å². The Morgan fingerprint density at radius 1 is 1.00 bits per heavy atom. The van der Waals surface area contributed by atoms with Gasteiger partial charge in [-0.3, -0.25) is 0 Å². The Hall–Kier alpha value is -1.71. The van der Waals surface area contributed by atoms with E-state index in [2.05, 4.69) is 0 Å². The van der Waals surface area contributed by atoms with Gasteiger partial charge in [0.05, 0.1) is 21.4 Å². The molecule has 5 heteroatoms. The molecule has 0 aromatic heterocycles. The molecule has 0 aliphatic rings. The molecule has 0 saturated carbocycles. The number of amides is 1. The second-order valence-corrected chi connectivity index (χ2v) is 4.31. The fourth-order valence-corrected chi connectivity index (χ4v) is 1.97. The molecule has 2 aromatic carbocycles. The summed E-state index contributed by atoms with van der Waals surface area (Å²) in [5.74, 6) is 0. The summed E-state index contributed by atoms with van der Waals surface area (Å²) in [7, 11) is 0. The van der Waals surface area contributed by atoms with Crippen LogP contribution in [0.15, 0.2) is 48.5 Å². The zero-order valence-corrected chi connectivity index (χ0v) is 10.7. The van der Waals surface area contributed by atoms with Crippen LogP contribution in [-0.4, -0.2) is 11.2 Å². The first-order valence-electron chi connectivity index (χ1n) is 5.13. The summed E-state index contributed by atoms with van der Waals surface area (Å²) in [6, 6.07) is 13.6. The van der Waals surface area contributed by atoms with Crippen molar-refractivity contribution < 1.29 is 9.90 Å². The highest BCUT2D eigenvalue weighted by Gasteiger charge is 2.20. The lowest BCUT2D eigenvalue weighted by molar-refractivity contribution is 0.205. The van der Waals surface area contributed by atoms with Crippen LogP contribution in [0.4, 0.5) is 16.2 Å². The highest BCUT2D eigenvalue weighted by molar-refractivity contribution is 6.44. The number of rotatable bonds is 2. The molecular formula is C13H9Cl2NO2. The maximum atomic E-state index is 11.4. The number of carboxylic acid groups (broad SMARTS) is 1. The lowest BCUT2D eigenvalue weighted by atomic mass is 10.2. The van der Waals surface area contributed by atoms with E-state index < -0.39 is 6.09 Å². The summed E-state index contributed by atoms with van der Waals surface area (Å²) in [6.07, 6.45) is -1.12. The molecule has 1 amide bonds. The molecule has 1 N–H and O–H groups in total. The van der Waals surface area contributed by atoms with Gasteiger partial charge >= 0.3 is 6.09 Å². The van der Waals surface area contributed by atoms with E-state index in [1.54, 1.807) is 42.5 Å². The van der Waals surface area contributed by atoms with Crippen LogP contribution in [0.3, 0.4) is 0 Å². The van der Waals surface area contributed by atoms with Crippen LogP contribution in [0.25, 0.3) is 0 Å². The van der Waals surface area contributed by atoms with Gasteiger partial charge in [0.1, 0.15) is 0 Å². The molecular weight excluding hydrogens is 273 g/mol. The first-order valence-corrected chi connectivity index (χ1v) is 5.89. The Morgan fingerprint density at radius 2 is 1.67 bits per heavy atom. The molecule has 0 atom stereocenters. The summed E-state index contributed by atoms with van der Waals surface area (Å²) in [4.78, 5) is 12.5. The molecule has 0 spiro atoms. The number of para-hydroxylation sites is 1. The van der Waals surface area contributed by atoms with Crippen LogP contribution in [0, 0.1) is 0 Å². The van der Waals surface area contributed by atoms with E-state index in [0.29, 0.717) is 16.4 Å². The smallest absolute Gasteiger partial charge is 0.416 e. The van der Waals surface area contributed by atoms with Crippen LogP contribution in [-0.2, 0) is 0 Å². The molecule has 0 heterocycles. The highest BCUT2D eigenvalue weighted by Crippen LogP contribution is 2.36. The van der Waals surface area contributed by atoms with E-state index in [4.69, 9.17) is 23.2 Å². The Labute approximate surface area is 114 Å². The molecule has 2 aromatic rings. The van der Waals surface area contributed by atoms with E-state index in [0.717, 1.165) is 4.90 Å². The predicted octanol–water partition coefficient (Wildman–Crippen LogP) is 4.81. The van der Waals surface area contributed by atoms with E-state index in [1.165, 1.54) is 0 Å². The monoisotopic (exact) mass is 281 g/mol. The maximum Gasteiger partial charge on any atom is 0.416 e. The summed E-state index contributed by atoms with van der Waals surface area (Å²) in [5.41, 5.74) is 0.844. The molecule has 0 bridgehead atoms. The standard InChI is InChI=1S/C13H9Cl2NO2/c14-10-7-4-8-11(12(10)15)16(13(17)18)9-5-2-1-3-6-9/h1-8H,(H,17,18). The van der Waals surface area contributed by atoms with Crippen LogP contribution in [0.1, 0.15) is 0 Å². The highest BCUT2D eigenvalue weighted by atomic mass is 35.5. The Morgan fingerprint density at radius 3 is 2.28 bits per heavy atom. The lowest BCUT2D eigenvalue weighted by Crippen LogP contribution is -2.23. The van der Waals surface area contributed by atoms with Gasteiger partial charge in [0.15, 0.2) is 0 Å². The van der Waals surface area contributed by atoms with Crippen molar-refractivity contribution in [2.45, 2.75) is 0 Å². The van der Waals surface area contributed by atoms with Crippen molar-refractivity contribution in [1.82, 2.24) is 0 Å². The van der Waals surface area contributed by atoms with E-state index in [1.807, 2.05) is 6.07 Å². The first kappa shape index (κ1) is 12.7. The number of hydrogen-bond donors (Lipinski definition) is 1. The van der Waals surface area contributed by atoms with Crippen LogP contribution in [0.2, 0.25) is 10.0 Å². The van der Waals surface area contributed by atoms with Gasteiger partial charge < -0.3 is 5.11 Å². The van der Waals surface area contributed by atoms with Crippen molar-refractivity contribution in [3.05, 3.63) is 58.6 Å². The first-order chi connectivity index (χ1) is 8.61. The second kappa shape index (κ2) is 5.29. The maximum absolute atomic E-state index is 11.4. The zero-order chi connectivity index (χ0) is 13.1. The van der Waals surface area contributed by atoms with Gasteiger partial charge in [0.25, 0.3) is 0 Å². The number of benzene rings is 2. The lowest BCUT2D eigenvalue weighted by Gasteiger charge is -2.20. The molecule has 0 radical (unpaired) electrons. The van der Waals surface area contributed by atoms with Crippen molar-refractivity contribution in [3.8, 4) is 0 Å². The molecule has 0 saturated heterocycles. The van der Waals surface area contributed by atoms with Crippen LogP contribution >= 0.6 is 23.2 Å². The molecule has 0 fully saturated rings. The fraction of sp³-hybridized carbons (Fsp3) is 0. The SMILES string of the molecule is O=C(O)N(c1ccccc1)c1cccc(Cl)c1Cl. The molecule has 2 rings (SSSR count). The molecule has 3 nitrogen and oxygen atoms in total. The van der Waals surface area contributed by atoms with E-state index in [9.17, 15) is 9.90 Å². The molecule has 0 unspecified atom stereocenters. The van der Waals surface area contributed by atoms with Crippen molar-refractivity contribution in [2.75, 3.05) is 4.90 Å². The van der Waals surface area contributed by atoms with Crippen LogP contribution in [0.5, 0.6) is 0 Å².